The highest BCUT2D eigenvalue weighted by atomic mass is 32.2. The van der Waals surface area contributed by atoms with Crippen molar-refractivity contribution < 1.29 is 4.79 Å². The second-order valence-electron chi connectivity index (χ2n) is 5.00. The molecule has 1 amide bonds. The molecular weight excluding hydrogens is 244 g/mol. The summed E-state index contributed by atoms with van der Waals surface area (Å²) >= 11 is 1.68. The van der Waals surface area contributed by atoms with Crippen LogP contribution in [0.5, 0.6) is 0 Å². The van der Waals surface area contributed by atoms with Gasteiger partial charge >= 0.3 is 0 Å². The molecule has 1 aliphatic heterocycles. The molecule has 0 bridgehead atoms. The van der Waals surface area contributed by atoms with Crippen LogP contribution in [0.3, 0.4) is 0 Å². The van der Waals surface area contributed by atoms with Crippen LogP contribution in [0.2, 0.25) is 0 Å². The molecule has 1 fully saturated rings. The number of carbonyl (C=O) groups excluding carboxylic acids is 1. The zero-order valence-corrected chi connectivity index (χ0v) is 11.8. The maximum absolute atomic E-state index is 12.3. The minimum absolute atomic E-state index is 0.141. The summed E-state index contributed by atoms with van der Waals surface area (Å²) in [5.74, 6) is 0.141. The third-order valence-corrected chi connectivity index (χ3v) is 4.31. The number of nitrogens with one attached hydrogen (secondary N) is 2. The molecule has 4 heteroatoms. The molecule has 0 atom stereocenters. The Morgan fingerprint density at radius 3 is 2.78 bits per heavy atom. The Kier molecular flexibility index (Phi) is 4.30. The van der Waals surface area contributed by atoms with E-state index in [2.05, 4.69) is 17.6 Å². The summed E-state index contributed by atoms with van der Waals surface area (Å²) in [7, 11) is 0. The Hall–Kier alpha value is -1.00. The molecule has 98 valence electrons. The Labute approximate surface area is 113 Å². The van der Waals surface area contributed by atoms with Crippen LogP contribution in [0.4, 0.5) is 5.69 Å². The van der Waals surface area contributed by atoms with Crippen molar-refractivity contribution in [1.82, 2.24) is 5.32 Å². The summed E-state index contributed by atoms with van der Waals surface area (Å²) < 4.78 is 0. The largest absolute Gasteiger partial charge is 0.326 e. The second-order valence-corrected chi connectivity index (χ2v) is 5.88. The van der Waals surface area contributed by atoms with Gasteiger partial charge in [0.15, 0.2) is 0 Å². The third-order valence-electron chi connectivity index (χ3n) is 3.58. The predicted molar refractivity (Wildman–Crippen MR) is 77.1 cm³/mol. The maximum atomic E-state index is 12.3. The topological polar surface area (TPSA) is 41.1 Å². The van der Waals surface area contributed by atoms with Crippen molar-refractivity contribution in [3.8, 4) is 0 Å². The Balaban J connectivity index is 2.05. The van der Waals surface area contributed by atoms with E-state index in [0.29, 0.717) is 0 Å². The van der Waals surface area contributed by atoms with E-state index in [4.69, 9.17) is 0 Å². The van der Waals surface area contributed by atoms with Gasteiger partial charge in [-0.15, -0.1) is 11.8 Å². The van der Waals surface area contributed by atoms with Gasteiger partial charge in [0.2, 0.25) is 5.91 Å². The number of carbonyl (C=O) groups is 1. The normalized spacial score (nSPS) is 18.3. The summed E-state index contributed by atoms with van der Waals surface area (Å²) in [5.41, 5.74) is 0.660. The van der Waals surface area contributed by atoms with Crippen LogP contribution in [0.1, 0.15) is 19.8 Å². The van der Waals surface area contributed by atoms with Crippen molar-refractivity contribution in [2.24, 2.45) is 5.41 Å². The Bertz CT molecular complexity index is 428. The Morgan fingerprint density at radius 2 is 2.11 bits per heavy atom. The van der Waals surface area contributed by atoms with Crippen LogP contribution in [0.15, 0.2) is 29.2 Å². The average Bonchev–Trinajstić information content (AvgIpc) is 2.40. The lowest BCUT2D eigenvalue weighted by molar-refractivity contribution is -0.126. The fraction of sp³-hybridized carbons (Fsp3) is 0.500. The summed E-state index contributed by atoms with van der Waals surface area (Å²) in [6, 6.07) is 7.99. The van der Waals surface area contributed by atoms with E-state index in [-0.39, 0.29) is 11.3 Å². The number of amides is 1. The van der Waals surface area contributed by atoms with Gasteiger partial charge in [-0.1, -0.05) is 13.0 Å². The lowest BCUT2D eigenvalue weighted by Gasteiger charge is -2.32. The van der Waals surface area contributed by atoms with Crippen LogP contribution in [0, 0.1) is 5.41 Å². The lowest BCUT2D eigenvalue weighted by Crippen LogP contribution is -2.42. The van der Waals surface area contributed by atoms with Crippen molar-refractivity contribution in [3.05, 3.63) is 24.3 Å². The first-order chi connectivity index (χ1) is 8.64. The molecule has 1 heterocycles. The highest BCUT2D eigenvalue weighted by Crippen LogP contribution is 2.30. The van der Waals surface area contributed by atoms with Gasteiger partial charge in [0, 0.05) is 16.0 Å². The maximum Gasteiger partial charge on any atom is 0.230 e. The molecule has 2 rings (SSSR count). The molecule has 0 radical (unpaired) electrons. The predicted octanol–water partition coefficient (Wildman–Crippen LogP) is 2.74. The smallest absolute Gasteiger partial charge is 0.230 e. The van der Waals surface area contributed by atoms with Crippen molar-refractivity contribution in [1.29, 1.82) is 0 Å². The molecule has 1 aromatic rings. The first kappa shape index (κ1) is 13.4. The van der Waals surface area contributed by atoms with E-state index in [1.165, 1.54) is 4.90 Å². The van der Waals surface area contributed by atoms with E-state index in [1.54, 1.807) is 11.8 Å². The third kappa shape index (κ3) is 3.06. The zero-order chi connectivity index (χ0) is 13.0. The molecule has 1 saturated heterocycles. The molecule has 0 unspecified atom stereocenters. The molecule has 2 N–H and O–H groups in total. The molecule has 0 aromatic heterocycles. The number of benzene rings is 1. The van der Waals surface area contributed by atoms with Gasteiger partial charge in [-0.05, 0) is 50.4 Å². The van der Waals surface area contributed by atoms with Gasteiger partial charge in [-0.3, -0.25) is 4.79 Å². The van der Waals surface area contributed by atoms with Crippen LogP contribution in [-0.2, 0) is 4.79 Å². The molecule has 0 aliphatic carbocycles. The SMILES string of the molecule is CSc1cccc(NC(=O)C2(C)CCNCC2)c1. The average molecular weight is 264 g/mol. The minimum atomic E-state index is -0.236. The summed E-state index contributed by atoms with van der Waals surface area (Å²) in [5, 5.41) is 6.34. The monoisotopic (exact) mass is 264 g/mol. The summed E-state index contributed by atoms with van der Waals surface area (Å²) in [6.45, 7) is 3.91. The second kappa shape index (κ2) is 5.76. The summed E-state index contributed by atoms with van der Waals surface area (Å²) in [4.78, 5) is 13.5. The van der Waals surface area contributed by atoms with Crippen LogP contribution < -0.4 is 10.6 Å². The number of hydrogen-bond donors (Lipinski definition) is 2. The lowest BCUT2D eigenvalue weighted by atomic mass is 9.80. The van der Waals surface area contributed by atoms with Gasteiger partial charge in [-0.25, -0.2) is 0 Å². The molecule has 1 aromatic carbocycles. The van der Waals surface area contributed by atoms with Gasteiger partial charge < -0.3 is 10.6 Å². The van der Waals surface area contributed by atoms with Crippen molar-refractivity contribution in [2.45, 2.75) is 24.7 Å². The van der Waals surface area contributed by atoms with Gasteiger partial charge in [0.05, 0.1) is 0 Å². The van der Waals surface area contributed by atoms with Crippen molar-refractivity contribution >= 4 is 23.4 Å². The first-order valence-corrected chi connectivity index (χ1v) is 7.53. The van der Waals surface area contributed by atoms with Gasteiger partial charge in [0.1, 0.15) is 0 Å². The Morgan fingerprint density at radius 1 is 1.39 bits per heavy atom. The van der Waals surface area contributed by atoms with Crippen LogP contribution >= 0.6 is 11.8 Å². The fourth-order valence-electron chi connectivity index (χ4n) is 2.19. The van der Waals surface area contributed by atoms with E-state index >= 15 is 0 Å². The zero-order valence-electron chi connectivity index (χ0n) is 11.0. The van der Waals surface area contributed by atoms with E-state index in [0.717, 1.165) is 31.6 Å². The number of hydrogen-bond acceptors (Lipinski definition) is 3. The van der Waals surface area contributed by atoms with E-state index in [1.807, 2.05) is 30.5 Å². The van der Waals surface area contributed by atoms with Crippen molar-refractivity contribution in [2.75, 3.05) is 24.7 Å². The quantitative estimate of drug-likeness (QED) is 0.825. The van der Waals surface area contributed by atoms with E-state index in [9.17, 15) is 4.79 Å². The minimum Gasteiger partial charge on any atom is -0.326 e. The van der Waals surface area contributed by atoms with E-state index < -0.39 is 0 Å². The van der Waals surface area contributed by atoms with Crippen LogP contribution in [-0.4, -0.2) is 25.3 Å². The molecular formula is C14H20N2OS. The number of rotatable bonds is 3. The highest BCUT2D eigenvalue weighted by molar-refractivity contribution is 7.98. The molecule has 0 saturated carbocycles. The van der Waals surface area contributed by atoms with Crippen LogP contribution in [0.25, 0.3) is 0 Å². The fourth-order valence-corrected chi connectivity index (χ4v) is 2.65. The number of piperidine rings is 1. The summed E-state index contributed by atoms with van der Waals surface area (Å²) in [6.07, 6.45) is 3.84. The standard InChI is InChI=1S/C14H20N2OS/c1-14(6-8-15-9-7-14)13(17)16-11-4-3-5-12(10-11)18-2/h3-5,10,15H,6-9H2,1-2H3,(H,16,17). The van der Waals surface area contributed by atoms with Gasteiger partial charge in [-0.2, -0.15) is 0 Å². The highest BCUT2D eigenvalue weighted by Gasteiger charge is 2.34. The molecule has 0 spiro atoms. The first-order valence-electron chi connectivity index (χ1n) is 6.30. The molecule has 3 nitrogen and oxygen atoms in total. The molecule has 1 aliphatic rings. The molecule has 18 heavy (non-hydrogen) atoms. The number of anilines is 1. The number of thioether (sulfide) groups is 1. The van der Waals surface area contributed by atoms with Gasteiger partial charge in [0.25, 0.3) is 0 Å². The van der Waals surface area contributed by atoms with Crippen molar-refractivity contribution in [3.63, 3.8) is 0 Å².